The summed E-state index contributed by atoms with van der Waals surface area (Å²) >= 11 is 0. The number of furan rings is 2. The van der Waals surface area contributed by atoms with E-state index in [1.54, 1.807) is 0 Å². The van der Waals surface area contributed by atoms with Crippen LogP contribution < -0.4 is 0 Å². The molecule has 51 heavy (non-hydrogen) atoms. The fourth-order valence-corrected chi connectivity index (χ4v) is 8.07. The van der Waals surface area contributed by atoms with Gasteiger partial charge in [0.05, 0.1) is 11.0 Å². The first kappa shape index (κ1) is 28.0. The van der Waals surface area contributed by atoms with Crippen molar-refractivity contribution in [1.82, 2.24) is 4.57 Å². The second-order valence-corrected chi connectivity index (χ2v) is 13.3. The Morgan fingerprint density at radius 2 is 0.863 bits per heavy atom. The predicted octanol–water partition coefficient (Wildman–Crippen LogP) is 13.6. The van der Waals surface area contributed by atoms with Gasteiger partial charge in [-0.15, -0.1) is 0 Å². The van der Waals surface area contributed by atoms with Gasteiger partial charge in [0.1, 0.15) is 22.3 Å². The number of nitrogens with zero attached hydrogens (tertiary/aromatic N) is 1. The summed E-state index contributed by atoms with van der Waals surface area (Å²) in [5, 5.41) is 6.89. The van der Waals surface area contributed by atoms with E-state index in [4.69, 9.17) is 8.83 Å². The molecule has 0 aliphatic carbocycles. The number of hydrogen-bond acceptors (Lipinski definition) is 2. The van der Waals surface area contributed by atoms with E-state index in [2.05, 4.69) is 156 Å². The van der Waals surface area contributed by atoms with Crippen LogP contribution in [-0.2, 0) is 0 Å². The third-order valence-corrected chi connectivity index (χ3v) is 10.4. The number of benzene rings is 8. The molecule has 8 aromatic carbocycles. The first-order valence-corrected chi connectivity index (χ1v) is 17.3. The summed E-state index contributed by atoms with van der Waals surface area (Å²) in [6.07, 6.45) is 0. The van der Waals surface area contributed by atoms with Crippen LogP contribution in [0.25, 0.3) is 105 Å². The predicted molar refractivity (Wildman–Crippen MR) is 212 cm³/mol. The molecule has 0 saturated heterocycles. The molecule has 0 amide bonds. The molecular weight excluding hydrogens is 623 g/mol. The molecule has 238 valence electrons. The molecule has 0 aliphatic heterocycles. The zero-order chi connectivity index (χ0) is 33.5. The Bertz CT molecular complexity index is 3120. The molecule has 11 rings (SSSR count). The van der Waals surface area contributed by atoms with Crippen LogP contribution in [0.4, 0.5) is 0 Å². The highest BCUT2D eigenvalue weighted by Gasteiger charge is 2.22. The van der Waals surface area contributed by atoms with Crippen molar-refractivity contribution < 1.29 is 8.83 Å². The van der Waals surface area contributed by atoms with Crippen LogP contribution in [0.2, 0.25) is 0 Å². The summed E-state index contributed by atoms with van der Waals surface area (Å²) in [7, 11) is 0. The number of aromatic nitrogens is 1. The zero-order valence-electron chi connectivity index (χ0n) is 27.5. The third kappa shape index (κ3) is 4.25. The first-order chi connectivity index (χ1) is 25.3. The monoisotopic (exact) mass is 651 g/mol. The molecule has 11 aromatic rings. The van der Waals surface area contributed by atoms with E-state index >= 15 is 0 Å². The molecular formula is C48H29NO2. The van der Waals surface area contributed by atoms with E-state index in [0.717, 1.165) is 66.3 Å². The van der Waals surface area contributed by atoms with Crippen molar-refractivity contribution in [3.8, 4) is 39.1 Å². The van der Waals surface area contributed by atoms with Crippen LogP contribution in [0, 0.1) is 0 Å². The fourth-order valence-electron chi connectivity index (χ4n) is 8.07. The molecule has 0 unspecified atom stereocenters. The topological polar surface area (TPSA) is 31.2 Å². The molecule has 0 atom stereocenters. The standard InChI is InChI=1S/C48H29NO2/c1-2-10-30(11-3-1)31-18-22-34(23-19-31)49-42-15-7-4-12-36(42)39-25-24-35(32-20-26-45-40(28-32)37-13-5-8-16-43(37)50-45)47(48(39)49)33-21-27-46-41(29-33)38-14-6-9-17-44(38)51-46/h1-29H. The van der Waals surface area contributed by atoms with Gasteiger partial charge in [-0.3, -0.25) is 0 Å². The van der Waals surface area contributed by atoms with E-state index < -0.39 is 0 Å². The number of para-hydroxylation sites is 3. The summed E-state index contributed by atoms with van der Waals surface area (Å²) in [4.78, 5) is 0. The number of hydrogen-bond donors (Lipinski definition) is 0. The van der Waals surface area contributed by atoms with Crippen LogP contribution in [0.5, 0.6) is 0 Å². The first-order valence-electron chi connectivity index (χ1n) is 17.3. The summed E-state index contributed by atoms with van der Waals surface area (Å²) in [6, 6.07) is 62.7. The van der Waals surface area contributed by atoms with E-state index in [1.807, 2.05) is 24.3 Å². The summed E-state index contributed by atoms with van der Waals surface area (Å²) in [5.74, 6) is 0. The maximum absolute atomic E-state index is 6.30. The van der Waals surface area contributed by atoms with Crippen LogP contribution in [0.15, 0.2) is 185 Å². The lowest BCUT2D eigenvalue weighted by Crippen LogP contribution is -1.97. The van der Waals surface area contributed by atoms with Crippen LogP contribution in [-0.4, -0.2) is 4.57 Å². The van der Waals surface area contributed by atoms with Crippen molar-refractivity contribution in [2.24, 2.45) is 0 Å². The lowest BCUT2D eigenvalue weighted by atomic mass is 9.90. The van der Waals surface area contributed by atoms with E-state index in [0.29, 0.717) is 0 Å². The van der Waals surface area contributed by atoms with Gasteiger partial charge in [0.2, 0.25) is 0 Å². The van der Waals surface area contributed by atoms with Crippen molar-refractivity contribution in [2.45, 2.75) is 0 Å². The Hall–Kier alpha value is -6.84. The molecule has 0 saturated carbocycles. The van der Waals surface area contributed by atoms with Gasteiger partial charge in [-0.25, -0.2) is 0 Å². The van der Waals surface area contributed by atoms with Gasteiger partial charge in [-0.1, -0.05) is 121 Å². The summed E-state index contributed by atoms with van der Waals surface area (Å²) in [5.41, 5.74) is 14.0. The largest absolute Gasteiger partial charge is 0.456 e. The highest BCUT2D eigenvalue weighted by molar-refractivity contribution is 6.18. The van der Waals surface area contributed by atoms with Gasteiger partial charge in [0.25, 0.3) is 0 Å². The summed E-state index contributed by atoms with van der Waals surface area (Å²) in [6.45, 7) is 0. The minimum Gasteiger partial charge on any atom is -0.456 e. The maximum atomic E-state index is 6.30. The van der Waals surface area contributed by atoms with Crippen molar-refractivity contribution in [3.05, 3.63) is 176 Å². The zero-order valence-corrected chi connectivity index (χ0v) is 27.5. The van der Waals surface area contributed by atoms with Gasteiger partial charge in [0.15, 0.2) is 0 Å². The minimum absolute atomic E-state index is 0.886. The lowest BCUT2D eigenvalue weighted by Gasteiger charge is -2.17. The third-order valence-electron chi connectivity index (χ3n) is 10.4. The molecule has 3 heteroatoms. The Balaban J connectivity index is 1.25. The van der Waals surface area contributed by atoms with Gasteiger partial charge in [-0.2, -0.15) is 0 Å². The average Bonchev–Trinajstić information content (AvgIpc) is 3.87. The molecule has 0 N–H and O–H groups in total. The molecule has 0 fully saturated rings. The number of fused-ring (bicyclic) bond motifs is 9. The van der Waals surface area contributed by atoms with Crippen LogP contribution in [0.3, 0.4) is 0 Å². The maximum Gasteiger partial charge on any atom is 0.135 e. The molecule has 0 spiro atoms. The normalized spacial score (nSPS) is 11.9. The Labute approximate surface area is 293 Å². The number of rotatable bonds is 4. The van der Waals surface area contributed by atoms with E-state index in [1.165, 1.54) is 38.5 Å². The second kappa shape index (κ2) is 10.8. The molecule has 3 aromatic heterocycles. The minimum atomic E-state index is 0.886. The Kier molecular flexibility index (Phi) is 5.96. The van der Waals surface area contributed by atoms with Crippen molar-refractivity contribution in [3.63, 3.8) is 0 Å². The molecule has 0 aliphatic rings. The molecule has 3 heterocycles. The molecule has 0 bridgehead atoms. The van der Waals surface area contributed by atoms with Crippen LogP contribution >= 0.6 is 0 Å². The Morgan fingerprint density at radius 1 is 0.333 bits per heavy atom. The van der Waals surface area contributed by atoms with Gasteiger partial charge >= 0.3 is 0 Å². The summed E-state index contributed by atoms with van der Waals surface area (Å²) < 4.78 is 15.0. The van der Waals surface area contributed by atoms with Crippen molar-refractivity contribution in [1.29, 1.82) is 0 Å². The SMILES string of the molecule is c1ccc(-c2ccc(-n3c4ccccc4c4ccc(-c5ccc6oc7ccccc7c6c5)c(-c5ccc6oc7ccccc7c6c5)c43)cc2)cc1. The van der Waals surface area contributed by atoms with Crippen molar-refractivity contribution >= 4 is 65.7 Å². The van der Waals surface area contributed by atoms with Crippen LogP contribution in [0.1, 0.15) is 0 Å². The van der Waals surface area contributed by atoms with Gasteiger partial charge in [0, 0.05) is 43.6 Å². The molecule has 3 nitrogen and oxygen atoms in total. The molecule has 0 radical (unpaired) electrons. The smallest absolute Gasteiger partial charge is 0.135 e. The van der Waals surface area contributed by atoms with E-state index in [-0.39, 0.29) is 0 Å². The quantitative estimate of drug-likeness (QED) is 0.190. The van der Waals surface area contributed by atoms with Crippen molar-refractivity contribution in [2.75, 3.05) is 0 Å². The average molecular weight is 652 g/mol. The van der Waals surface area contributed by atoms with E-state index in [9.17, 15) is 0 Å². The lowest BCUT2D eigenvalue weighted by molar-refractivity contribution is 0.668. The van der Waals surface area contributed by atoms with Gasteiger partial charge < -0.3 is 13.4 Å². The highest BCUT2D eigenvalue weighted by Crippen LogP contribution is 2.46. The highest BCUT2D eigenvalue weighted by atomic mass is 16.3. The van der Waals surface area contributed by atoms with Gasteiger partial charge in [-0.05, 0) is 82.4 Å². The second-order valence-electron chi connectivity index (χ2n) is 13.3. The Morgan fingerprint density at radius 3 is 1.57 bits per heavy atom. The fraction of sp³-hybridized carbons (Fsp3) is 0.